The molecule has 0 radical (unpaired) electrons. The average Bonchev–Trinajstić information content (AvgIpc) is 2.79. The second kappa shape index (κ2) is 10.8. The Bertz CT molecular complexity index is 1040. The van der Waals surface area contributed by atoms with Crippen molar-refractivity contribution in [1.29, 1.82) is 0 Å². The molecule has 2 N–H and O–H groups in total. The molecule has 3 aromatic rings. The molecule has 0 saturated heterocycles. The van der Waals surface area contributed by atoms with E-state index in [9.17, 15) is 4.79 Å². The largest absolute Gasteiger partial charge is 0.489 e. The number of rotatable bonds is 9. The van der Waals surface area contributed by atoms with Crippen LogP contribution in [0.3, 0.4) is 0 Å². The Morgan fingerprint density at radius 2 is 1.62 bits per heavy atom. The Labute approximate surface area is 190 Å². The maximum atomic E-state index is 11.2. The van der Waals surface area contributed by atoms with Crippen molar-refractivity contribution in [3.63, 3.8) is 0 Å². The highest BCUT2D eigenvalue weighted by Crippen LogP contribution is 2.31. The van der Waals surface area contributed by atoms with E-state index in [-0.39, 0.29) is 6.61 Å². The van der Waals surface area contributed by atoms with Gasteiger partial charge in [-0.3, -0.25) is 10.0 Å². The van der Waals surface area contributed by atoms with Crippen LogP contribution in [0.25, 0.3) is 0 Å². The number of carbonyl (C=O) groups is 1. The van der Waals surface area contributed by atoms with Crippen molar-refractivity contribution in [2.45, 2.75) is 46.6 Å². The lowest BCUT2D eigenvalue weighted by molar-refractivity contribution is -0.131. The first kappa shape index (κ1) is 23.4. The smallest absolute Gasteiger partial charge is 0.281 e. The van der Waals surface area contributed by atoms with Crippen molar-refractivity contribution < 1.29 is 19.5 Å². The fraction of sp³-hybridized carbons (Fsp3) is 0.296. The topological polar surface area (TPSA) is 67.8 Å². The van der Waals surface area contributed by atoms with E-state index in [0.717, 1.165) is 28.9 Å². The van der Waals surface area contributed by atoms with Crippen LogP contribution < -0.4 is 15.0 Å². The molecule has 0 spiro atoms. The second-order valence-electron chi connectivity index (χ2n) is 8.34. The van der Waals surface area contributed by atoms with Crippen LogP contribution in [0.5, 0.6) is 11.5 Å². The zero-order chi connectivity index (χ0) is 23.1. The van der Waals surface area contributed by atoms with Crippen molar-refractivity contribution in [3.8, 4) is 11.5 Å². The molecule has 0 saturated carbocycles. The van der Waals surface area contributed by atoms with Crippen LogP contribution >= 0.6 is 0 Å². The minimum atomic E-state index is -0.583. The van der Waals surface area contributed by atoms with E-state index in [1.54, 1.807) is 5.48 Å². The Balaban J connectivity index is 1.76. The molecule has 0 heterocycles. The molecule has 5 heteroatoms. The van der Waals surface area contributed by atoms with Gasteiger partial charge in [-0.2, -0.15) is 0 Å². The van der Waals surface area contributed by atoms with E-state index in [1.165, 1.54) is 16.7 Å². The number of benzene rings is 3. The van der Waals surface area contributed by atoms with E-state index in [0.29, 0.717) is 18.3 Å². The minimum Gasteiger partial charge on any atom is -0.489 e. The molecule has 0 fully saturated rings. The van der Waals surface area contributed by atoms with Gasteiger partial charge in [0, 0.05) is 0 Å². The maximum Gasteiger partial charge on any atom is 0.281 e. The Morgan fingerprint density at radius 3 is 2.25 bits per heavy atom. The van der Waals surface area contributed by atoms with Gasteiger partial charge in [0.25, 0.3) is 5.91 Å². The maximum absolute atomic E-state index is 11.2. The van der Waals surface area contributed by atoms with Gasteiger partial charge in [-0.05, 0) is 77.8 Å². The summed E-state index contributed by atoms with van der Waals surface area (Å²) in [5, 5.41) is 8.61. The predicted octanol–water partition coefficient (Wildman–Crippen LogP) is 5.48. The third kappa shape index (κ3) is 6.11. The van der Waals surface area contributed by atoms with Crippen LogP contribution in [0.4, 0.5) is 0 Å². The van der Waals surface area contributed by atoms with Gasteiger partial charge in [-0.25, -0.2) is 5.48 Å². The summed E-state index contributed by atoms with van der Waals surface area (Å²) in [6.07, 6.45) is 0.799. The molecule has 5 nitrogen and oxygen atoms in total. The first-order valence-corrected chi connectivity index (χ1v) is 10.8. The Hall–Kier alpha value is -3.31. The van der Waals surface area contributed by atoms with Crippen LogP contribution in [-0.2, 0) is 17.8 Å². The lowest BCUT2D eigenvalue weighted by atomic mass is 9.93. The Kier molecular flexibility index (Phi) is 7.90. The zero-order valence-corrected chi connectivity index (χ0v) is 19.1. The van der Waals surface area contributed by atoms with Crippen molar-refractivity contribution in [2.24, 2.45) is 0 Å². The number of aryl methyl sites for hydroxylation is 2. The fourth-order valence-corrected chi connectivity index (χ4v) is 3.73. The van der Waals surface area contributed by atoms with Gasteiger partial charge in [-0.1, -0.05) is 56.3 Å². The SMILES string of the molecule is Cc1cc(OCC(=O)NO)cc(C)c1Cc1ccc(OCc2ccccc2)c(C(C)C)c1. The van der Waals surface area contributed by atoms with Gasteiger partial charge in [0.05, 0.1) is 0 Å². The molecular weight excluding hydrogens is 402 g/mol. The van der Waals surface area contributed by atoms with Crippen molar-refractivity contribution >= 4 is 5.91 Å². The van der Waals surface area contributed by atoms with Crippen LogP contribution in [0, 0.1) is 13.8 Å². The summed E-state index contributed by atoms with van der Waals surface area (Å²) in [7, 11) is 0. The molecule has 3 rings (SSSR count). The lowest BCUT2D eigenvalue weighted by Crippen LogP contribution is -2.25. The van der Waals surface area contributed by atoms with Crippen LogP contribution in [-0.4, -0.2) is 17.7 Å². The molecule has 0 aliphatic carbocycles. The number of nitrogens with one attached hydrogen (secondary N) is 1. The number of hydroxylamine groups is 1. The molecule has 3 aromatic carbocycles. The molecule has 0 aromatic heterocycles. The van der Waals surface area contributed by atoms with E-state index < -0.39 is 5.91 Å². The first-order valence-electron chi connectivity index (χ1n) is 10.8. The first-order chi connectivity index (χ1) is 15.4. The van der Waals surface area contributed by atoms with Crippen molar-refractivity contribution in [2.75, 3.05) is 6.61 Å². The highest BCUT2D eigenvalue weighted by molar-refractivity contribution is 5.76. The molecular formula is C27H31NO4. The highest BCUT2D eigenvalue weighted by Gasteiger charge is 2.13. The summed E-state index contributed by atoms with van der Waals surface area (Å²) in [6.45, 7) is 8.77. The van der Waals surface area contributed by atoms with Crippen molar-refractivity contribution in [3.05, 3.63) is 94.0 Å². The summed E-state index contributed by atoms with van der Waals surface area (Å²) in [6, 6.07) is 20.5. The van der Waals surface area contributed by atoms with Gasteiger partial charge in [-0.15, -0.1) is 0 Å². The molecule has 0 aliphatic heterocycles. The van der Waals surface area contributed by atoms with Gasteiger partial charge in [0.15, 0.2) is 6.61 Å². The number of hydrogen-bond donors (Lipinski definition) is 2. The van der Waals surface area contributed by atoms with Gasteiger partial charge < -0.3 is 9.47 Å². The Morgan fingerprint density at radius 1 is 0.938 bits per heavy atom. The van der Waals surface area contributed by atoms with Gasteiger partial charge in [0.1, 0.15) is 18.1 Å². The predicted molar refractivity (Wildman–Crippen MR) is 125 cm³/mol. The molecule has 32 heavy (non-hydrogen) atoms. The summed E-state index contributed by atoms with van der Waals surface area (Å²) in [4.78, 5) is 11.2. The number of carbonyl (C=O) groups excluding carboxylic acids is 1. The average molecular weight is 434 g/mol. The van der Waals surface area contributed by atoms with Crippen LogP contribution in [0.2, 0.25) is 0 Å². The summed E-state index contributed by atoms with van der Waals surface area (Å²) >= 11 is 0. The minimum absolute atomic E-state index is 0.225. The molecule has 0 atom stereocenters. The monoisotopic (exact) mass is 433 g/mol. The number of amides is 1. The lowest BCUT2D eigenvalue weighted by Gasteiger charge is -2.17. The second-order valence-corrected chi connectivity index (χ2v) is 8.34. The van der Waals surface area contributed by atoms with Gasteiger partial charge in [0.2, 0.25) is 0 Å². The molecule has 0 bridgehead atoms. The standard InChI is InChI=1S/C27H31NO4/c1-18(2)24-14-22(10-11-26(24)32-16-21-8-6-5-7-9-21)15-25-19(3)12-23(13-20(25)4)31-17-27(29)28-30/h5-14,18,30H,15-17H2,1-4H3,(H,28,29). The molecule has 0 unspecified atom stereocenters. The molecule has 168 valence electrons. The zero-order valence-electron chi connectivity index (χ0n) is 19.1. The summed E-state index contributed by atoms with van der Waals surface area (Å²) < 4.78 is 11.6. The van der Waals surface area contributed by atoms with Crippen LogP contribution in [0.1, 0.15) is 53.1 Å². The third-order valence-electron chi connectivity index (χ3n) is 5.48. The molecule has 1 amide bonds. The van der Waals surface area contributed by atoms with Crippen molar-refractivity contribution in [1.82, 2.24) is 5.48 Å². The highest BCUT2D eigenvalue weighted by atomic mass is 16.5. The quantitative estimate of drug-likeness (QED) is 0.346. The van der Waals surface area contributed by atoms with E-state index in [2.05, 4.69) is 44.2 Å². The van der Waals surface area contributed by atoms with E-state index in [1.807, 2.05) is 44.2 Å². The number of ether oxygens (including phenoxy) is 2. The molecule has 0 aliphatic rings. The number of hydrogen-bond acceptors (Lipinski definition) is 4. The van der Waals surface area contributed by atoms with E-state index in [4.69, 9.17) is 14.7 Å². The third-order valence-corrected chi connectivity index (χ3v) is 5.48. The van der Waals surface area contributed by atoms with Gasteiger partial charge >= 0.3 is 0 Å². The van der Waals surface area contributed by atoms with E-state index >= 15 is 0 Å². The van der Waals surface area contributed by atoms with Crippen LogP contribution in [0.15, 0.2) is 60.7 Å². The summed E-state index contributed by atoms with van der Waals surface area (Å²) in [5.74, 6) is 1.29. The fourth-order valence-electron chi connectivity index (χ4n) is 3.73. The normalized spacial score (nSPS) is 10.8. The summed E-state index contributed by atoms with van der Waals surface area (Å²) in [5.41, 5.74) is 8.57.